The van der Waals surface area contributed by atoms with Gasteiger partial charge in [0.15, 0.2) is 5.78 Å². The zero-order chi connectivity index (χ0) is 38.3. The molecule has 5 N–H and O–H groups in total. The summed E-state index contributed by atoms with van der Waals surface area (Å²) in [6.07, 6.45) is 5.68. The molecule has 2 amide bonds. The molecule has 11 nitrogen and oxygen atoms in total. The Kier molecular flexibility index (Phi) is 13.4. The van der Waals surface area contributed by atoms with Gasteiger partial charge in [-0.15, -0.1) is 0 Å². The molecular formula is C41H49N3O8. The molecule has 276 valence electrons. The Labute approximate surface area is 304 Å². The maximum atomic E-state index is 14.3. The summed E-state index contributed by atoms with van der Waals surface area (Å²) >= 11 is 0. The first kappa shape index (κ1) is 39.8. The van der Waals surface area contributed by atoms with E-state index in [4.69, 9.17) is 20.9 Å². The van der Waals surface area contributed by atoms with Crippen molar-refractivity contribution in [3.05, 3.63) is 107 Å². The first-order valence-electron chi connectivity index (χ1n) is 17.4. The fraction of sp³-hybridized carbons (Fsp3) is 0.390. The summed E-state index contributed by atoms with van der Waals surface area (Å²) in [5.41, 5.74) is 12.7. The second kappa shape index (κ2) is 17.5. The molecule has 2 aliphatic rings. The van der Waals surface area contributed by atoms with Crippen LogP contribution in [0.3, 0.4) is 0 Å². The number of carbonyl (C=O) groups excluding carboxylic acids is 5. The van der Waals surface area contributed by atoms with Crippen LogP contribution in [0, 0.1) is 17.8 Å². The lowest BCUT2D eigenvalue weighted by molar-refractivity contribution is -0.128. The number of rotatable bonds is 7. The van der Waals surface area contributed by atoms with Gasteiger partial charge in [0.05, 0.1) is 36.3 Å². The van der Waals surface area contributed by atoms with Gasteiger partial charge >= 0.3 is 0 Å². The Hall–Kier alpha value is -4.97. The van der Waals surface area contributed by atoms with E-state index in [1.165, 1.54) is 27.2 Å². The van der Waals surface area contributed by atoms with Crippen LogP contribution in [0.1, 0.15) is 57.3 Å². The van der Waals surface area contributed by atoms with Crippen LogP contribution in [0.25, 0.3) is 10.8 Å². The number of aliphatic hydroxyl groups is 1. The number of primary amides is 1. The van der Waals surface area contributed by atoms with Gasteiger partial charge < -0.3 is 26.0 Å². The number of carbonyl (C=O) groups is 5. The minimum absolute atomic E-state index is 0.0233. The Morgan fingerprint density at radius 1 is 1.00 bits per heavy atom. The van der Waals surface area contributed by atoms with Gasteiger partial charge in [0, 0.05) is 55.3 Å². The van der Waals surface area contributed by atoms with Crippen molar-refractivity contribution in [2.24, 2.45) is 29.2 Å². The summed E-state index contributed by atoms with van der Waals surface area (Å²) in [5, 5.41) is 12.9. The number of methoxy groups -OCH3 is 2. The fourth-order valence-corrected chi connectivity index (χ4v) is 6.96. The molecule has 52 heavy (non-hydrogen) atoms. The minimum atomic E-state index is -0.973. The predicted octanol–water partition coefficient (Wildman–Crippen LogP) is 4.50. The average molecular weight is 712 g/mol. The number of allylic oxidation sites excluding steroid dienone is 4. The van der Waals surface area contributed by atoms with Crippen molar-refractivity contribution < 1.29 is 38.6 Å². The molecule has 0 unspecified atom stereocenters. The minimum Gasteiger partial charge on any atom is -0.395 e. The fourth-order valence-electron chi connectivity index (χ4n) is 6.96. The van der Waals surface area contributed by atoms with Gasteiger partial charge in [-0.3, -0.25) is 28.9 Å². The van der Waals surface area contributed by atoms with E-state index in [0.29, 0.717) is 17.4 Å². The highest BCUT2D eigenvalue weighted by Gasteiger charge is 2.36. The van der Waals surface area contributed by atoms with E-state index in [0.717, 1.165) is 21.9 Å². The number of fused-ring (bicyclic) bond motifs is 3. The normalized spacial score (nSPS) is 28.2. The van der Waals surface area contributed by atoms with Crippen molar-refractivity contribution in [1.82, 2.24) is 4.90 Å². The van der Waals surface area contributed by atoms with Crippen LogP contribution in [0.15, 0.2) is 101 Å². The molecule has 2 aromatic rings. The summed E-state index contributed by atoms with van der Waals surface area (Å²) in [6, 6.07) is 12.6. The van der Waals surface area contributed by atoms with Crippen LogP contribution < -0.4 is 11.5 Å². The van der Waals surface area contributed by atoms with Gasteiger partial charge in [-0.25, -0.2) is 0 Å². The summed E-state index contributed by atoms with van der Waals surface area (Å²) in [7, 11) is 2.97. The summed E-state index contributed by atoms with van der Waals surface area (Å²) in [4.78, 5) is 69.0. The molecule has 1 heterocycles. The predicted molar refractivity (Wildman–Crippen MR) is 198 cm³/mol. The first-order chi connectivity index (χ1) is 24.7. The smallest absolute Gasteiger partial charge is 0.254 e. The van der Waals surface area contributed by atoms with Gasteiger partial charge in [-0.05, 0) is 43.4 Å². The topological polar surface area (TPSA) is 179 Å². The van der Waals surface area contributed by atoms with Gasteiger partial charge in [0.2, 0.25) is 17.5 Å². The molecular weight excluding hydrogens is 662 g/mol. The zero-order valence-electron chi connectivity index (χ0n) is 30.6. The number of amides is 2. The molecule has 2 bridgehead atoms. The van der Waals surface area contributed by atoms with E-state index in [9.17, 15) is 29.1 Å². The molecule has 0 aromatic heterocycles. The molecule has 0 fully saturated rings. The second-order valence-corrected chi connectivity index (χ2v) is 13.7. The standard InChI is InChI=1S/C41H49N3O8/c1-23-17-31-38(43)33(45)21-32(40(31)49)44(22-34(46)29-15-10-13-27-12-7-8-14-28(27)29)41(50)24(2)11-9-16-35(51-5)30(20-37(42)47)25(3)19-26(4)39(48)36(18-23)52-6/h7-16,19,21,23,26,30,35-36,39,48H,17-18,20,22,43H2,1-6H3,(H2,42,47)/b16-9-,24-11+,25-19+/t23-,26+,30+,35+,36+,39-/m1/s1. The molecule has 1 aliphatic carbocycles. The summed E-state index contributed by atoms with van der Waals surface area (Å²) in [5.74, 6) is -4.16. The van der Waals surface area contributed by atoms with E-state index in [2.05, 4.69) is 0 Å². The van der Waals surface area contributed by atoms with Gasteiger partial charge in [0.25, 0.3) is 5.91 Å². The second-order valence-electron chi connectivity index (χ2n) is 13.7. The monoisotopic (exact) mass is 711 g/mol. The number of hydrogen-bond acceptors (Lipinski definition) is 9. The van der Waals surface area contributed by atoms with Crippen LogP contribution in [0.5, 0.6) is 0 Å². The number of Topliss-reactive ketones (excluding diaryl/α,β-unsaturated/α-hetero) is 2. The summed E-state index contributed by atoms with van der Waals surface area (Å²) in [6.45, 7) is 6.52. The average Bonchev–Trinajstić information content (AvgIpc) is 3.12. The maximum Gasteiger partial charge on any atom is 0.254 e. The Balaban J connectivity index is 1.85. The van der Waals surface area contributed by atoms with Gasteiger partial charge in [0.1, 0.15) is 0 Å². The number of benzene rings is 2. The summed E-state index contributed by atoms with van der Waals surface area (Å²) < 4.78 is 11.5. The van der Waals surface area contributed by atoms with E-state index < -0.39 is 65.9 Å². The van der Waals surface area contributed by atoms with Crippen molar-refractivity contribution in [3.63, 3.8) is 0 Å². The number of hydrogen-bond donors (Lipinski definition) is 3. The van der Waals surface area contributed by atoms with Crippen LogP contribution >= 0.6 is 0 Å². The van der Waals surface area contributed by atoms with Crippen LogP contribution in [-0.2, 0) is 28.7 Å². The van der Waals surface area contributed by atoms with Crippen molar-refractivity contribution in [2.75, 3.05) is 20.8 Å². The zero-order valence-corrected chi connectivity index (χ0v) is 30.6. The Morgan fingerprint density at radius 2 is 1.69 bits per heavy atom. The number of nitrogens with two attached hydrogens (primary N) is 2. The molecule has 1 aliphatic heterocycles. The molecule has 6 atom stereocenters. The van der Waals surface area contributed by atoms with Crippen LogP contribution in [0.4, 0.5) is 0 Å². The molecule has 0 saturated carbocycles. The first-order valence-corrected chi connectivity index (χ1v) is 17.4. The van der Waals surface area contributed by atoms with Gasteiger partial charge in [-0.1, -0.05) is 86.2 Å². The molecule has 0 spiro atoms. The third-order valence-electron chi connectivity index (χ3n) is 9.89. The van der Waals surface area contributed by atoms with E-state index in [1.807, 2.05) is 51.1 Å². The molecule has 2 aromatic carbocycles. The number of ketones is 3. The van der Waals surface area contributed by atoms with Crippen molar-refractivity contribution in [2.45, 2.75) is 65.3 Å². The Bertz CT molecular complexity index is 1880. The third-order valence-corrected chi connectivity index (χ3v) is 9.89. The highest BCUT2D eigenvalue weighted by Crippen LogP contribution is 2.31. The lowest BCUT2D eigenvalue weighted by Crippen LogP contribution is -2.41. The van der Waals surface area contributed by atoms with Gasteiger partial charge in [-0.2, -0.15) is 0 Å². The highest BCUT2D eigenvalue weighted by molar-refractivity contribution is 6.24. The lowest BCUT2D eigenvalue weighted by atomic mass is 9.84. The van der Waals surface area contributed by atoms with E-state index >= 15 is 0 Å². The molecule has 0 saturated heterocycles. The maximum absolute atomic E-state index is 14.3. The van der Waals surface area contributed by atoms with Crippen LogP contribution in [0.2, 0.25) is 0 Å². The van der Waals surface area contributed by atoms with Crippen molar-refractivity contribution >= 4 is 39.9 Å². The van der Waals surface area contributed by atoms with E-state index in [-0.39, 0.29) is 41.3 Å². The quantitative estimate of drug-likeness (QED) is 0.212. The van der Waals surface area contributed by atoms with E-state index in [1.54, 1.807) is 30.4 Å². The van der Waals surface area contributed by atoms with Crippen molar-refractivity contribution in [1.29, 1.82) is 0 Å². The third kappa shape index (κ3) is 9.08. The molecule has 11 heteroatoms. The largest absolute Gasteiger partial charge is 0.395 e. The molecule has 4 rings (SSSR count). The lowest BCUT2D eigenvalue weighted by Gasteiger charge is -2.30. The van der Waals surface area contributed by atoms with Crippen molar-refractivity contribution in [3.8, 4) is 0 Å². The number of ether oxygens (including phenoxy) is 2. The van der Waals surface area contributed by atoms with Crippen LogP contribution in [-0.4, -0.2) is 78.2 Å². The highest BCUT2D eigenvalue weighted by atomic mass is 16.5. The number of aliphatic hydroxyl groups excluding tert-OH is 1. The number of nitrogens with zero attached hydrogens (tertiary/aromatic N) is 1. The SMILES string of the molecule is CO[C@H]1/C=C\C=C(/C)C(=O)N(CC(=O)c2cccc3ccccc23)C2=CC(=O)C(N)=C(C[C@@H](C)C[C@H](OC)[C@H](O)[C@@H](C)/C=C(\C)[C@@H]1CC(N)=O)C2=O. The molecule has 0 radical (unpaired) electrons. The Morgan fingerprint density at radius 3 is 2.37 bits per heavy atom.